The van der Waals surface area contributed by atoms with Gasteiger partial charge in [0.2, 0.25) is 0 Å². The molecule has 0 aromatic carbocycles. The van der Waals surface area contributed by atoms with Crippen LogP contribution >= 0.6 is 0 Å². The van der Waals surface area contributed by atoms with E-state index in [1.54, 1.807) is 0 Å². The molecule has 0 aliphatic rings. The molecule has 0 aliphatic heterocycles. The van der Waals surface area contributed by atoms with Crippen LogP contribution in [0.25, 0.3) is 0 Å². The van der Waals surface area contributed by atoms with Crippen LogP contribution in [-0.2, 0) is 0 Å². The van der Waals surface area contributed by atoms with Crippen molar-refractivity contribution in [1.82, 2.24) is 9.80 Å². The lowest BCUT2D eigenvalue weighted by molar-refractivity contribution is 0.312. The molecule has 0 aliphatic carbocycles. The molecule has 4 heteroatoms. The summed E-state index contributed by atoms with van der Waals surface area (Å²) in [5, 5.41) is 0. The predicted octanol–water partition coefficient (Wildman–Crippen LogP) is 0.184. The van der Waals surface area contributed by atoms with Gasteiger partial charge in [0.1, 0.15) is 0 Å². The van der Waals surface area contributed by atoms with E-state index in [4.69, 9.17) is 11.5 Å². The van der Waals surface area contributed by atoms with Crippen LogP contribution in [0.5, 0.6) is 0 Å². The molecule has 0 rings (SSSR count). The first kappa shape index (κ1) is 17.2. The molecule has 0 aromatic rings. The van der Waals surface area contributed by atoms with E-state index < -0.39 is 0 Å². The van der Waals surface area contributed by atoms with E-state index >= 15 is 0 Å². The Morgan fingerprint density at radius 1 is 0.867 bits per heavy atom. The fourth-order valence-corrected chi connectivity index (χ4v) is 1.13. The first-order valence-electron chi connectivity index (χ1n) is 5.89. The molecule has 0 spiro atoms. The average Bonchev–Trinajstić information content (AvgIpc) is 2.23. The van der Waals surface area contributed by atoms with E-state index in [0.717, 1.165) is 45.7 Å². The zero-order valence-corrected chi connectivity index (χ0v) is 11.0. The van der Waals surface area contributed by atoms with E-state index in [1.807, 2.05) is 0 Å². The summed E-state index contributed by atoms with van der Waals surface area (Å²) in [4.78, 5) is 4.44. The smallest absolute Gasteiger partial charge is 0.0104 e. The molecule has 94 valence electrons. The number of likely N-dealkylation sites (N-methyl/N-ethyl adjacent to an activating group) is 1. The van der Waals surface area contributed by atoms with Gasteiger partial charge in [-0.25, -0.2) is 0 Å². The summed E-state index contributed by atoms with van der Waals surface area (Å²) in [6.45, 7) is 10.3. The van der Waals surface area contributed by atoms with Gasteiger partial charge in [0, 0.05) is 13.1 Å². The van der Waals surface area contributed by atoms with Gasteiger partial charge < -0.3 is 21.3 Å². The van der Waals surface area contributed by atoms with Crippen molar-refractivity contribution in [3.63, 3.8) is 0 Å². The molecule has 0 aromatic heterocycles. The highest BCUT2D eigenvalue weighted by Crippen LogP contribution is 1.81. The molecule has 0 amide bonds. The maximum atomic E-state index is 5.34. The highest BCUT2D eigenvalue weighted by Gasteiger charge is 1.92. The van der Waals surface area contributed by atoms with Gasteiger partial charge in [-0.2, -0.15) is 0 Å². The number of hydrogen-bond acceptors (Lipinski definition) is 4. The second kappa shape index (κ2) is 13.8. The summed E-state index contributed by atoms with van der Waals surface area (Å²) < 4.78 is 0. The van der Waals surface area contributed by atoms with Gasteiger partial charge in [-0.05, 0) is 46.7 Å². The van der Waals surface area contributed by atoms with Crippen molar-refractivity contribution < 1.29 is 0 Å². The molecule has 4 nitrogen and oxygen atoms in total. The maximum absolute atomic E-state index is 5.34. The lowest BCUT2D eigenvalue weighted by Crippen LogP contribution is -2.28. The number of hydrogen-bond donors (Lipinski definition) is 2. The van der Waals surface area contributed by atoms with Gasteiger partial charge in [-0.1, -0.05) is 13.8 Å². The molecule has 0 bridgehead atoms. The van der Waals surface area contributed by atoms with E-state index in [0.29, 0.717) is 0 Å². The molecule has 0 radical (unpaired) electrons. The van der Waals surface area contributed by atoms with Gasteiger partial charge in [0.05, 0.1) is 0 Å². The van der Waals surface area contributed by atoms with Gasteiger partial charge in [0.25, 0.3) is 0 Å². The first-order chi connectivity index (χ1) is 7.12. The maximum Gasteiger partial charge on any atom is 0.0104 e. The van der Waals surface area contributed by atoms with Crippen LogP contribution in [0, 0.1) is 0 Å². The highest BCUT2D eigenvalue weighted by molar-refractivity contribution is 4.50. The molecule has 15 heavy (non-hydrogen) atoms. The Labute approximate surface area is 95.6 Å². The van der Waals surface area contributed by atoms with Crippen molar-refractivity contribution >= 4 is 0 Å². The molecule has 0 fully saturated rings. The minimum Gasteiger partial charge on any atom is -0.330 e. The standard InChI is InChI=1S/C6H16N2.C5H14N2/c1-3-8(4-2)6-5-7;1-7(2)5-3-4-6/h3-7H2,1-2H3;3-6H2,1-2H3. The molecule has 0 saturated carbocycles. The Hall–Kier alpha value is -0.160. The third-order valence-electron chi connectivity index (χ3n) is 2.15. The fraction of sp³-hybridized carbons (Fsp3) is 1.00. The van der Waals surface area contributed by atoms with Crippen molar-refractivity contribution in [3.8, 4) is 0 Å². The van der Waals surface area contributed by atoms with Gasteiger partial charge in [-0.3, -0.25) is 0 Å². The SMILES string of the molecule is CCN(CC)CCN.CN(C)CCCN. The average molecular weight is 218 g/mol. The summed E-state index contributed by atoms with van der Waals surface area (Å²) in [6.07, 6.45) is 1.10. The van der Waals surface area contributed by atoms with Crippen LogP contribution in [0.4, 0.5) is 0 Å². The van der Waals surface area contributed by atoms with Crippen molar-refractivity contribution in [2.24, 2.45) is 11.5 Å². The largest absolute Gasteiger partial charge is 0.330 e. The Bertz CT molecular complexity index is 103. The quantitative estimate of drug-likeness (QED) is 0.640. The van der Waals surface area contributed by atoms with Crippen LogP contribution in [0.1, 0.15) is 20.3 Å². The number of nitrogens with zero attached hydrogens (tertiary/aromatic N) is 2. The topological polar surface area (TPSA) is 58.5 Å². The van der Waals surface area contributed by atoms with Gasteiger partial charge in [0.15, 0.2) is 0 Å². The number of nitrogens with two attached hydrogens (primary N) is 2. The van der Waals surface area contributed by atoms with Crippen molar-refractivity contribution in [1.29, 1.82) is 0 Å². The lowest BCUT2D eigenvalue weighted by Gasteiger charge is -2.15. The highest BCUT2D eigenvalue weighted by atomic mass is 15.1. The third kappa shape index (κ3) is 16.5. The molecule has 0 saturated heterocycles. The minimum atomic E-state index is 0.779. The Morgan fingerprint density at radius 2 is 1.40 bits per heavy atom. The molecule has 0 unspecified atom stereocenters. The lowest BCUT2D eigenvalue weighted by atomic mass is 10.4. The minimum absolute atomic E-state index is 0.779. The molecular weight excluding hydrogens is 188 g/mol. The second-order valence-electron chi connectivity index (χ2n) is 3.76. The second-order valence-corrected chi connectivity index (χ2v) is 3.76. The third-order valence-corrected chi connectivity index (χ3v) is 2.15. The summed E-state index contributed by atoms with van der Waals surface area (Å²) in [6, 6.07) is 0. The summed E-state index contributed by atoms with van der Waals surface area (Å²) in [5.41, 5.74) is 10.6. The fourth-order valence-electron chi connectivity index (χ4n) is 1.13. The van der Waals surface area contributed by atoms with Crippen LogP contribution < -0.4 is 11.5 Å². The normalized spacial score (nSPS) is 10.4. The van der Waals surface area contributed by atoms with Crippen molar-refractivity contribution in [2.75, 3.05) is 53.4 Å². The first-order valence-corrected chi connectivity index (χ1v) is 5.89. The summed E-state index contributed by atoms with van der Waals surface area (Å²) in [7, 11) is 4.10. The van der Waals surface area contributed by atoms with Crippen molar-refractivity contribution in [3.05, 3.63) is 0 Å². The van der Waals surface area contributed by atoms with Gasteiger partial charge in [-0.15, -0.1) is 0 Å². The molecule has 0 atom stereocenters. The Balaban J connectivity index is 0. The van der Waals surface area contributed by atoms with Crippen LogP contribution in [0.2, 0.25) is 0 Å². The Morgan fingerprint density at radius 3 is 1.53 bits per heavy atom. The molecule has 4 N–H and O–H groups in total. The van der Waals surface area contributed by atoms with E-state index in [9.17, 15) is 0 Å². The van der Waals surface area contributed by atoms with Crippen LogP contribution in [0.15, 0.2) is 0 Å². The predicted molar refractivity (Wildman–Crippen MR) is 69.1 cm³/mol. The van der Waals surface area contributed by atoms with Crippen LogP contribution in [-0.4, -0.2) is 63.2 Å². The monoisotopic (exact) mass is 218 g/mol. The zero-order chi connectivity index (χ0) is 12.1. The van der Waals surface area contributed by atoms with Gasteiger partial charge >= 0.3 is 0 Å². The molecule has 0 heterocycles. The summed E-state index contributed by atoms with van der Waals surface area (Å²) in [5.74, 6) is 0. The number of rotatable bonds is 7. The van der Waals surface area contributed by atoms with E-state index in [1.165, 1.54) is 0 Å². The zero-order valence-electron chi connectivity index (χ0n) is 11.0. The van der Waals surface area contributed by atoms with E-state index in [-0.39, 0.29) is 0 Å². The van der Waals surface area contributed by atoms with Crippen molar-refractivity contribution in [2.45, 2.75) is 20.3 Å². The Kier molecular flexibility index (Phi) is 15.9. The van der Waals surface area contributed by atoms with Crippen LogP contribution in [0.3, 0.4) is 0 Å². The van der Waals surface area contributed by atoms with E-state index in [2.05, 4.69) is 37.7 Å². The summed E-state index contributed by atoms with van der Waals surface area (Å²) >= 11 is 0. The molecular formula is C11H30N4.